The number of urea groups is 1. The van der Waals surface area contributed by atoms with Crippen molar-refractivity contribution in [1.82, 2.24) is 9.78 Å². The van der Waals surface area contributed by atoms with E-state index in [1.54, 1.807) is 16.8 Å². The molecular formula is C14H16N4O2. The van der Waals surface area contributed by atoms with Crippen LogP contribution < -0.4 is 10.6 Å². The molecule has 3 N–H and O–H groups in total. The van der Waals surface area contributed by atoms with Gasteiger partial charge in [0.15, 0.2) is 0 Å². The number of aryl methyl sites for hydroxylation is 1. The monoisotopic (exact) mass is 272 g/mol. The van der Waals surface area contributed by atoms with Crippen LogP contribution in [0, 0.1) is 0 Å². The predicted octanol–water partition coefficient (Wildman–Crippen LogP) is 2.65. The summed E-state index contributed by atoms with van der Waals surface area (Å²) in [6.07, 6.45) is 2.35. The molecule has 0 aliphatic heterocycles. The summed E-state index contributed by atoms with van der Waals surface area (Å²) in [5.74, 6) is 1.39. The minimum absolute atomic E-state index is 0.164. The fraction of sp³-hybridized carbons (Fsp3) is 0.286. The summed E-state index contributed by atoms with van der Waals surface area (Å²) < 4.78 is 1.67. The van der Waals surface area contributed by atoms with Crippen molar-refractivity contribution in [2.24, 2.45) is 7.05 Å². The van der Waals surface area contributed by atoms with E-state index in [0.717, 1.165) is 5.69 Å². The average Bonchev–Trinajstić information content (AvgIpc) is 3.19. The second-order valence-electron chi connectivity index (χ2n) is 4.98. The second kappa shape index (κ2) is 4.88. The van der Waals surface area contributed by atoms with Gasteiger partial charge in [-0.05, 0) is 37.1 Å². The standard InChI is InChI=1S/C14H16N4O2/c1-18-13(8-12(17-18)9-2-3-9)16-14(20)15-10-4-6-11(19)7-5-10/h4-9,19H,2-3H2,1H3,(H2,15,16,20). The molecular weight excluding hydrogens is 256 g/mol. The lowest BCUT2D eigenvalue weighted by Crippen LogP contribution is -2.20. The number of rotatable bonds is 3. The number of anilines is 2. The Balaban J connectivity index is 1.64. The van der Waals surface area contributed by atoms with Crippen LogP contribution in [0.5, 0.6) is 5.75 Å². The Morgan fingerprint density at radius 2 is 2.00 bits per heavy atom. The van der Waals surface area contributed by atoms with Crippen LogP contribution in [0.3, 0.4) is 0 Å². The zero-order valence-electron chi connectivity index (χ0n) is 11.1. The summed E-state index contributed by atoms with van der Waals surface area (Å²) in [5, 5.41) is 19.0. The molecule has 0 unspecified atom stereocenters. The zero-order valence-corrected chi connectivity index (χ0v) is 11.1. The van der Waals surface area contributed by atoms with Crippen LogP contribution >= 0.6 is 0 Å². The third-order valence-electron chi connectivity index (χ3n) is 3.26. The van der Waals surface area contributed by atoms with Crippen LogP contribution in [0.2, 0.25) is 0 Å². The summed E-state index contributed by atoms with van der Waals surface area (Å²) in [4.78, 5) is 11.9. The van der Waals surface area contributed by atoms with Gasteiger partial charge < -0.3 is 10.4 Å². The minimum atomic E-state index is -0.332. The molecule has 0 bridgehead atoms. The van der Waals surface area contributed by atoms with E-state index in [4.69, 9.17) is 0 Å². The molecule has 2 aromatic rings. The molecule has 0 saturated heterocycles. The van der Waals surface area contributed by atoms with Gasteiger partial charge in [0, 0.05) is 24.7 Å². The van der Waals surface area contributed by atoms with E-state index in [9.17, 15) is 9.90 Å². The zero-order chi connectivity index (χ0) is 14.1. The number of aromatic hydroxyl groups is 1. The Hall–Kier alpha value is -2.50. The molecule has 1 aliphatic rings. The molecule has 0 atom stereocenters. The van der Waals surface area contributed by atoms with E-state index in [-0.39, 0.29) is 11.8 Å². The largest absolute Gasteiger partial charge is 0.508 e. The minimum Gasteiger partial charge on any atom is -0.508 e. The van der Waals surface area contributed by atoms with Crippen molar-refractivity contribution in [3.05, 3.63) is 36.0 Å². The van der Waals surface area contributed by atoms with Gasteiger partial charge in [-0.1, -0.05) is 0 Å². The molecule has 0 spiro atoms. The maximum atomic E-state index is 11.9. The molecule has 6 heteroatoms. The molecule has 0 radical (unpaired) electrons. The molecule has 1 aliphatic carbocycles. The lowest BCUT2D eigenvalue weighted by atomic mass is 10.3. The van der Waals surface area contributed by atoms with Crippen molar-refractivity contribution in [1.29, 1.82) is 0 Å². The summed E-state index contributed by atoms with van der Waals surface area (Å²) >= 11 is 0. The first-order chi connectivity index (χ1) is 9.61. The summed E-state index contributed by atoms with van der Waals surface area (Å²) in [6.45, 7) is 0. The van der Waals surface area contributed by atoms with Gasteiger partial charge in [0.25, 0.3) is 0 Å². The summed E-state index contributed by atoms with van der Waals surface area (Å²) in [5.41, 5.74) is 1.65. The first-order valence-corrected chi connectivity index (χ1v) is 6.53. The maximum Gasteiger partial charge on any atom is 0.324 e. The number of amides is 2. The number of benzene rings is 1. The molecule has 3 rings (SSSR count). The van der Waals surface area contributed by atoms with Gasteiger partial charge in [-0.15, -0.1) is 0 Å². The van der Waals surface area contributed by atoms with Gasteiger partial charge in [-0.25, -0.2) is 4.79 Å². The first kappa shape index (κ1) is 12.5. The maximum absolute atomic E-state index is 11.9. The quantitative estimate of drug-likeness (QED) is 0.751. The number of nitrogens with zero attached hydrogens (tertiary/aromatic N) is 2. The van der Waals surface area contributed by atoms with Gasteiger partial charge >= 0.3 is 6.03 Å². The van der Waals surface area contributed by atoms with E-state index in [0.29, 0.717) is 17.4 Å². The summed E-state index contributed by atoms with van der Waals surface area (Å²) in [6, 6.07) is 7.88. The van der Waals surface area contributed by atoms with Gasteiger partial charge in [-0.3, -0.25) is 10.00 Å². The van der Waals surface area contributed by atoms with E-state index in [2.05, 4.69) is 15.7 Å². The van der Waals surface area contributed by atoms with Crippen molar-refractivity contribution >= 4 is 17.5 Å². The van der Waals surface area contributed by atoms with E-state index in [1.165, 1.54) is 25.0 Å². The van der Waals surface area contributed by atoms with Crippen LogP contribution in [0.25, 0.3) is 0 Å². The number of carbonyl (C=O) groups is 1. The van der Waals surface area contributed by atoms with Gasteiger partial charge in [0.05, 0.1) is 5.69 Å². The van der Waals surface area contributed by atoms with Gasteiger partial charge in [-0.2, -0.15) is 5.10 Å². The highest BCUT2D eigenvalue weighted by Crippen LogP contribution is 2.39. The average molecular weight is 272 g/mol. The van der Waals surface area contributed by atoms with Crippen LogP contribution in [0.1, 0.15) is 24.5 Å². The fourth-order valence-electron chi connectivity index (χ4n) is 2.01. The van der Waals surface area contributed by atoms with Gasteiger partial charge in [0.1, 0.15) is 11.6 Å². The lowest BCUT2D eigenvalue weighted by molar-refractivity contribution is 0.262. The SMILES string of the molecule is Cn1nc(C2CC2)cc1NC(=O)Nc1ccc(O)cc1. The van der Waals surface area contributed by atoms with Crippen LogP contribution in [-0.2, 0) is 7.05 Å². The molecule has 2 amide bonds. The Morgan fingerprint density at radius 3 is 2.65 bits per heavy atom. The summed E-state index contributed by atoms with van der Waals surface area (Å²) in [7, 11) is 1.81. The first-order valence-electron chi connectivity index (χ1n) is 6.53. The van der Waals surface area contributed by atoms with E-state index < -0.39 is 0 Å². The number of nitrogens with one attached hydrogen (secondary N) is 2. The second-order valence-corrected chi connectivity index (χ2v) is 4.98. The Morgan fingerprint density at radius 1 is 1.30 bits per heavy atom. The van der Waals surface area contributed by atoms with Gasteiger partial charge in [0.2, 0.25) is 0 Å². The van der Waals surface area contributed by atoms with Crippen LogP contribution in [0.4, 0.5) is 16.3 Å². The van der Waals surface area contributed by atoms with E-state index in [1.807, 2.05) is 13.1 Å². The highest BCUT2D eigenvalue weighted by atomic mass is 16.3. The molecule has 20 heavy (non-hydrogen) atoms. The smallest absolute Gasteiger partial charge is 0.324 e. The molecule has 6 nitrogen and oxygen atoms in total. The Kier molecular flexibility index (Phi) is 3.06. The molecule has 1 aromatic heterocycles. The Bertz CT molecular complexity index is 629. The number of phenols is 1. The highest BCUT2D eigenvalue weighted by Gasteiger charge is 2.27. The fourth-order valence-corrected chi connectivity index (χ4v) is 2.01. The molecule has 104 valence electrons. The highest BCUT2D eigenvalue weighted by molar-refractivity contribution is 5.99. The van der Waals surface area contributed by atoms with Crippen molar-refractivity contribution in [3.8, 4) is 5.75 Å². The topological polar surface area (TPSA) is 79.2 Å². The number of hydrogen-bond donors (Lipinski definition) is 3. The molecule has 1 fully saturated rings. The number of aromatic nitrogens is 2. The van der Waals surface area contributed by atoms with Crippen molar-refractivity contribution < 1.29 is 9.90 Å². The van der Waals surface area contributed by atoms with Crippen LogP contribution in [-0.4, -0.2) is 20.9 Å². The predicted molar refractivity (Wildman–Crippen MR) is 75.9 cm³/mol. The third-order valence-corrected chi connectivity index (χ3v) is 3.26. The third kappa shape index (κ3) is 2.74. The van der Waals surface area contributed by atoms with E-state index >= 15 is 0 Å². The molecule has 1 aromatic carbocycles. The van der Waals surface area contributed by atoms with Crippen molar-refractivity contribution in [2.45, 2.75) is 18.8 Å². The normalized spacial score (nSPS) is 14.1. The lowest BCUT2D eigenvalue weighted by Gasteiger charge is -2.07. The molecule has 1 saturated carbocycles. The number of phenolic OH excluding ortho intramolecular Hbond substituents is 1. The van der Waals surface area contributed by atoms with Crippen molar-refractivity contribution in [2.75, 3.05) is 10.6 Å². The molecule has 1 heterocycles. The van der Waals surface area contributed by atoms with Crippen LogP contribution in [0.15, 0.2) is 30.3 Å². The number of carbonyl (C=O) groups excluding carboxylic acids is 1. The number of hydrogen-bond acceptors (Lipinski definition) is 3. The van der Waals surface area contributed by atoms with Crippen molar-refractivity contribution in [3.63, 3.8) is 0 Å². The Labute approximate surface area is 116 Å².